The van der Waals surface area contributed by atoms with Crippen LogP contribution in [0.3, 0.4) is 0 Å². The molecule has 1 aliphatic heterocycles. The number of ether oxygens (including phenoxy) is 2. The fraction of sp³-hybridized carbons (Fsp3) is 0.909. The predicted octanol–water partition coefficient (Wildman–Crippen LogP) is 2.16. The van der Waals surface area contributed by atoms with Crippen molar-refractivity contribution < 1.29 is 14.3 Å². The first-order valence-corrected chi connectivity index (χ1v) is 6.40. The van der Waals surface area contributed by atoms with E-state index in [1.807, 2.05) is 0 Å². The van der Waals surface area contributed by atoms with E-state index in [-0.39, 0.29) is 12.7 Å². The summed E-state index contributed by atoms with van der Waals surface area (Å²) in [7, 11) is 0. The summed E-state index contributed by atoms with van der Waals surface area (Å²) in [4.78, 5) is 11.0. The first-order valence-electron chi connectivity index (χ1n) is 5.87. The molecule has 0 spiro atoms. The molecule has 1 saturated heterocycles. The van der Waals surface area contributed by atoms with Crippen molar-refractivity contribution in [3.05, 3.63) is 0 Å². The van der Waals surface area contributed by atoms with E-state index in [9.17, 15) is 4.79 Å². The van der Waals surface area contributed by atoms with Gasteiger partial charge < -0.3 is 14.8 Å². The van der Waals surface area contributed by atoms with E-state index in [2.05, 4.69) is 5.32 Å². The average molecular weight is 250 g/mol. The molecule has 16 heavy (non-hydrogen) atoms. The van der Waals surface area contributed by atoms with Gasteiger partial charge in [0.05, 0.1) is 5.88 Å². The van der Waals surface area contributed by atoms with Crippen LogP contribution in [0.15, 0.2) is 0 Å². The number of alkyl halides is 1. The van der Waals surface area contributed by atoms with Crippen molar-refractivity contribution in [2.24, 2.45) is 5.92 Å². The lowest BCUT2D eigenvalue weighted by Gasteiger charge is -2.21. The SMILES string of the molecule is O=C(NCCCC1CCOCC1)OCCCl. The van der Waals surface area contributed by atoms with Gasteiger partial charge in [0.2, 0.25) is 0 Å². The second-order valence-corrected chi connectivity index (χ2v) is 4.33. The van der Waals surface area contributed by atoms with E-state index in [1.54, 1.807) is 0 Å². The van der Waals surface area contributed by atoms with Crippen LogP contribution < -0.4 is 5.32 Å². The highest BCUT2D eigenvalue weighted by molar-refractivity contribution is 6.18. The molecular weight excluding hydrogens is 230 g/mol. The molecule has 1 N–H and O–H groups in total. The summed E-state index contributed by atoms with van der Waals surface area (Å²) in [5.41, 5.74) is 0. The minimum Gasteiger partial charge on any atom is -0.448 e. The summed E-state index contributed by atoms with van der Waals surface area (Å²) >= 11 is 5.39. The Labute approximate surface area is 102 Å². The van der Waals surface area contributed by atoms with Gasteiger partial charge in [0, 0.05) is 19.8 Å². The molecule has 0 saturated carbocycles. The average Bonchev–Trinajstić information content (AvgIpc) is 2.33. The molecule has 0 aromatic rings. The van der Waals surface area contributed by atoms with Crippen molar-refractivity contribution in [1.82, 2.24) is 5.32 Å². The first kappa shape index (κ1) is 13.6. The summed E-state index contributed by atoms with van der Waals surface area (Å²) in [5.74, 6) is 1.10. The maximum Gasteiger partial charge on any atom is 0.407 e. The highest BCUT2D eigenvalue weighted by atomic mass is 35.5. The number of carbonyl (C=O) groups is 1. The molecule has 94 valence electrons. The van der Waals surface area contributed by atoms with Gasteiger partial charge in [-0.25, -0.2) is 4.79 Å². The Morgan fingerprint density at radius 3 is 2.88 bits per heavy atom. The van der Waals surface area contributed by atoms with Gasteiger partial charge in [-0.15, -0.1) is 11.6 Å². The Balaban J connectivity index is 1.92. The van der Waals surface area contributed by atoms with Crippen LogP contribution in [0.25, 0.3) is 0 Å². The van der Waals surface area contributed by atoms with Gasteiger partial charge in [0.25, 0.3) is 0 Å². The molecule has 1 heterocycles. The van der Waals surface area contributed by atoms with Crippen LogP contribution in [0.2, 0.25) is 0 Å². The highest BCUT2D eigenvalue weighted by Gasteiger charge is 2.13. The number of alkyl carbamates (subject to hydrolysis) is 1. The van der Waals surface area contributed by atoms with Crippen LogP contribution in [0, 0.1) is 5.92 Å². The van der Waals surface area contributed by atoms with Gasteiger partial charge >= 0.3 is 6.09 Å². The van der Waals surface area contributed by atoms with Gasteiger partial charge in [-0.3, -0.25) is 0 Å². The lowest BCUT2D eigenvalue weighted by molar-refractivity contribution is 0.0632. The molecule has 1 aliphatic rings. The molecular formula is C11H20ClNO3. The Hall–Kier alpha value is -0.480. The van der Waals surface area contributed by atoms with Crippen molar-refractivity contribution in [2.45, 2.75) is 25.7 Å². The molecule has 0 aliphatic carbocycles. The Bertz CT molecular complexity index is 196. The molecule has 0 aromatic heterocycles. The van der Waals surface area contributed by atoms with Crippen molar-refractivity contribution in [3.8, 4) is 0 Å². The summed E-state index contributed by atoms with van der Waals surface area (Å²) in [6.45, 7) is 2.72. The van der Waals surface area contributed by atoms with Gasteiger partial charge in [-0.05, 0) is 31.6 Å². The number of halogens is 1. The monoisotopic (exact) mass is 249 g/mol. The molecule has 0 aromatic carbocycles. The number of rotatable bonds is 6. The topological polar surface area (TPSA) is 47.6 Å². The fourth-order valence-corrected chi connectivity index (χ4v) is 1.88. The second-order valence-electron chi connectivity index (χ2n) is 3.95. The molecule has 0 atom stereocenters. The van der Waals surface area contributed by atoms with Crippen molar-refractivity contribution in [3.63, 3.8) is 0 Å². The lowest BCUT2D eigenvalue weighted by atomic mass is 9.95. The van der Waals surface area contributed by atoms with Crippen LogP contribution in [0.1, 0.15) is 25.7 Å². The number of nitrogens with one attached hydrogen (secondary N) is 1. The largest absolute Gasteiger partial charge is 0.448 e. The molecule has 0 radical (unpaired) electrons. The summed E-state index contributed by atoms with van der Waals surface area (Å²) in [6, 6.07) is 0. The van der Waals surface area contributed by atoms with E-state index in [1.165, 1.54) is 0 Å². The number of hydrogen-bond acceptors (Lipinski definition) is 3. The van der Waals surface area contributed by atoms with Crippen molar-refractivity contribution in [2.75, 3.05) is 32.2 Å². The molecule has 1 rings (SSSR count). The maximum atomic E-state index is 11.0. The van der Waals surface area contributed by atoms with Gasteiger partial charge in [0.15, 0.2) is 0 Å². The molecule has 5 heteroatoms. The quantitative estimate of drug-likeness (QED) is 0.580. The van der Waals surface area contributed by atoms with E-state index in [0.717, 1.165) is 44.8 Å². The Kier molecular flexibility index (Phi) is 7.34. The predicted molar refractivity (Wildman–Crippen MR) is 62.8 cm³/mol. The zero-order valence-electron chi connectivity index (χ0n) is 9.54. The van der Waals surface area contributed by atoms with Gasteiger partial charge in [-0.2, -0.15) is 0 Å². The second kappa shape index (κ2) is 8.65. The third kappa shape index (κ3) is 6.18. The van der Waals surface area contributed by atoms with Crippen LogP contribution in [-0.2, 0) is 9.47 Å². The first-order chi connectivity index (χ1) is 7.83. The molecule has 1 fully saturated rings. The van der Waals surface area contributed by atoms with Crippen LogP contribution in [-0.4, -0.2) is 38.3 Å². The van der Waals surface area contributed by atoms with E-state index in [0.29, 0.717) is 12.4 Å². The van der Waals surface area contributed by atoms with Crippen molar-refractivity contribution in [1.29, 1.82) is 0 Å². The molecule has 0 bridgehead atoms. The number of carbonyl (C=O) groups excluding carboxylic acids is 1. The van der Waals surface area contributed by atoms with E-state index < -0.39 is 0 Å². The van der Waals surface area contributed by atoms with E-state index >= 15 is 0 Å². The normalized spacial score (nSPS) is 17.1. The van der Waals surface area contributed by atoms with Crippen LogP contribution in [0.5, 0.6) is 0 Å². The maximum absolute atomic E-state index is 11.0. The number of hydrogen-bond donors (Lipinski definition) is 1. The van der Waals surface area contributed by atoms with Gasteiger partial charge in [0.1, 0.15) is 6.61 Å². The summed E-state index contributed by atoms with van der Waals surface area (Å²) < 4.78 is 10.1. The minimum absolute atomic E-state index is 0.271. The Morgan fingerprint density at radius 1 is 1.44 bits per heavy atom. The zero-order chi connectivity index (χ0) is 11.6. The molecule has 1 amide bonds. The number of amides is 1. The summed E-state index contributed by atoms with van der Waals surface area (Å²) in [6.07, 6.45) is 4.08. The minimum atomic E-state index is -0.368. The van der Waals surface area contributed by atoms with Gasteiger partial charge in [-0.1, -0.05) is 0 Å². The summed E-state index contributed by atoms with van der Waals surface area (Å²) in [5, 5.41) is 2.71. The van der Waals surface area contributed by atoms with E-state index in [4.69, 9.17) is 21.1 Å². The third-order valence-electron chi connectivity index (χ3n) is 2.71. The van der Waals surface area contributed by atoms with Crippen molar-refractivity contribution >= 4 is 17.7 Å². The molecule has 4 nitrogen and oxygen atoms in total. The third-order valence-corrected chi connectivity index (χ3v) is 2.86. The molecule has 0 unspecified atom stereocenters. The zero-order valence-corrected chi connectivity index (χ0v) is 10.3. The smallest absolute Gasteiger partial charge is 0.407 e. The Morgan fingerprint density at radius 2 is 2.19 bits per heavy atom. The van der Waals surface area contributed by atoms with Crippen LogP contribution >= 0.6 is 11.6 Å². The van der Waals surface area contributed by atoms with Crippen LogP contribution in [0.4, 0.5) is 4.79 Å². The fourth-order valence-electron chi connectivity index (χ4n) is 1.80. The highest BCUT2D eigenvalue weighted by Crippen LogP contribution is 2.19. The standard InChI is InChI=1S/C11H20ClNO3/c12-5-9-16-11(14)13-6-1-2-10-3-7-15-8-4-10/h10H,1-9H2,(H,13,14). The lowest BCUT2D eigenvalue weighted by Crippen LogP contribution is -2.26.